The quantitative estimate of drug-likeness (QED) is 0.229. The van der Waals surface area contributed by atoms with Gasteiger partial charge >= 0.3 is 0 Å². The maximum absolute atomic E-state index is 13.6. The van der Waals surface area contributed by atoms with Crippen molar-refractivity contribution in [1.29, 1.82) is 0 Å². The molecule has 9 nitrogen and oxygen atoms in total. The summed E-state index contributed by atoms with van der Waals surface area (Å²) in [5.74, 6) is 0.839. The Bertz CT molecular complexity index is 1940. The van der Waals surface area contributed by atoms with Gasteiger partial charge in [-0.1, -0.05) is 24.3 Å². The third kappa shape index (κ3) is 6.14. The van der Waals surface area contributed by atoms with Crippen LogP contribution in [0.25, 0.3) is 28.9 Å². The summed E-state index contributed by atoms with van der Waals surface area (Å²) in [6, 6.07) is 12.6. The number of piperidine rings is 1. The largest absolute Gasteiger partial charge is 0.387 e. The Morgan fingerprint density at radius 1 is 1.07 bits per heavy atom. The SMILES string of the molecule is Cc1ccc(-c2ccc(F)cc2)c2c1NC(c1n[nH]c3/c1=C\C(c1cncc(NC(=O)CC4CCNCC4)c1)=CNC/C=3)=NC2. The Morgan fingerprint density at radius 2 is 1.91 bits per heavy atom. The average Bonchev–Trinajstić information content (AvgIpc) is 3.43. The fourth-order valence-corrected chi connectivity index (χ4v) is 6.22. The van der Waals surface area contributed by atoms with Crippen LogP contribution in [0.2, 0.25) is 0 Å². The average molecular weight is 603 g/mol. The molecule has 3 aliphatic rings. The number of anilines is 2. The van der Waals surface area contributed by atoms with Crippen molar-refractivity contribution in [2.24, 2.45) is 10.9 Å². The molecule has 1 fully saturated rings. The van der Waals surface area contributed by atoms with Crippen molar-refractivity contribution < 1.29 is 9.18 Å². The number of H-pyrrole nitrogens is 1. The number of aryl methyl sites for hydroxylation is 1. The number of nitrogens with one attached hydrogen (secondary N) is 5. The molecule has 1 amide bonds. The lowest BCUT2D eigenvalue weighted by Crippen LogP contribution is -2.33. The number of amidine groups is 1. The number of pyridine rings is 1. The van der Waals surface area contributed by atoms with E-state index in [0.29, 0.717) is 42.6 Å². The van der Waals surface area contributed by atoms with E-state index in [1.54, 1.807) is 24.5 Å². The lowest BCUT2D eigenvalue weighted by atomic mass is 9.94. The van der Waals surface area contributed by atoms with Gasteiger partial charge < -0.3 is 21.3 Å². The van der Waals surface area contributed by atoms with E-state index < -0.39 is 0 Å². The van der Waals surface area contributed by atoms with E-state index in [0.717, 1.165) is 75.6 Å². The van der Waals surface area contributed by atoms with E-state index >= 15 is 0 Å². The first-order chi connectivity index (χ1) is 22.0. The van der Waals surface area contributed by atoms with Gasteiger partial charge in [0.15, 0.2) is 5.84 Å². The molecule has 7 rings (SSSR count). The lowest BCUT2D eigenvalue weighted by molar-refractivity contribution is -0.117. The first-order valence-corrected chi connectivity index (χ1v) is 15.4. The van der Waals surface area contributed by atoms with Crippen molar-refractivity contribution in [2.45, 2.75) is 32.7 Å². The minimum Gasteiger partial charge on any atom is -0.387 e. The van der Waals surface area contributed by atoms with Crippen LogP contribution < -0.4 is 31.8 Å². The van der Waals surface area contributed by atoms with Gasteiger partial charge in [-0.15, -0.1) is 0 Å². The molecule has 45 heavy (non-hydrogen) atoms. The predicted molar refractivity (Wildman–Crippen MR) is 176 cm³/mol. The Hall–Kier alpha value is -5.09. The first-order valence-electron chi connectivity index (χ1n) is 15.4. The second-order valence-corrected chi connectivity index (χ2v) is 11.7. The zero-order chi connectivity index (χ0) is 30.8. The molecule has 1 saturated heterocycles. The molecule has 3 aliphatic heterocycles. The Kier molecular flexibility index (Phi) is 7.96. The van der Waals surface area contributed by atoms with Crippen LogP contribution in [0.4, 0.5) is 15.8 Å². The monoisotopic (exact) mass is 602 g/mol. The van der Waals surface area contributed by atoms with Gasteiger partial charge in [-0.25, -0.2) is 4.39 Å². The molecule has 0 bridgehead atoms. The summed E-state index contributed by atoms with van der Waals surface area (Å²) in [4.78, 5) is 22.2. The molecule has 0 radical (unpaired) electrons. The van der Waals surface area contributed by atoms with Crippen molar-refractivity contribution >= 4 is 40.8 Å². The van der Waals surface area contributed by atoms with E-state index in [1.807, 2.05) is 12.3 Å². The first kappa shape index (κ1) is 28.7. The number of aromatic nitrogens is 3. The topological polar surface area (TPSA) is 119 Å². The number of carbonyl (C=O) groups is 1. The Labute approximate surface area is 260 Å². The van der Waals surface area contributed by atoms with Gasteiger partial charge in [-0.2, -0.15) is 5.10 Å². The number of carbonyl (C=O) groups excluding carboxylic acids is 1. The van der Waals surface area contributed by atoms with Crippen LogP contribution in [-0.4, -0.2) is 46.6 Å². The van der Waals surface area contributed by atoms with Crippen molar-refractivity contribution in [3.63, 3.8) is 0 Å². The van der Waals surface area contributed by atoms with Gasteiger partial charge in [0, 0.05) is 47.4 Å². The minimum atomic E-state index is -0.260. The van der Waals surface area contributed by atoms with Gasteiger partial charge in [-0.3, -0.25) is 19.9 Å². The number of nitrogens with zero attached hydrogens (tertiary/aromatic N) is 3. The molecule has 0 aliphatic carbocycles. The van der Waals surface area contributed by atoms with Crippen molar-refractivity contribution in [1.82, 2.24) is 25.8 Å². The summed E-state index contributed by atoms with van der Waals surface area (Å²) in [5.41, 5.74) is 8.27. The third-order valence-electron chi connectivity index (χ3n) is 8.64. The second kappa shape index (κ2) is 12.5. The smallest absolute Gasteiger partial charge is 0.224 e. The molecular formula is C35H35FN8O. The molecule has 0 atom stereocenters. The van der Waals surface area contributed by atoms with E-state index in [1.165, 1.54) is 12.1 Å². The number of amides is 1. The molecule has 228 valence electrons. The fraction of sp³-hybridized carbons (Fsp3) is 0.257. The van der Waals surface area contributed by atoms with Crippen LogP contribution in [0.5, 0.6) is 0 Å². The van der Waals surface area contributed by atoms with E-state index in [-0.39, 0.29) is 11.7 Å². The maximum Gasteiger partial charge on any atom is 0.224 e. The maximum atomic E-state index is 13.6. The number of benzene rings is 2. The summed E-state index contributed by atoms with van der Waals surface area (Å²) in [6.07, 6.45) is 12.1. The number of halogens is 1. The molecule has 10 heteroatoms. The highest BCUT2D eigenvalue weighted by Gasteiger charge is 2.22. The molecule has 2 aromatic heterocycles. The van der Waals surface area contributed by atoms with Crippen LogP contribution in [-0.2, 0) is 11.3 Å². The summed E-state index contributed by atoms with van der Waals surface area (Å²) in [5, 5.41) is 23.0. The summed E-state index contributed by atoms with van der Waals surface area (Å²) in [7, 11) is 0. The molecule has 0 spiro atoms. The number of hydrogen-bond acceptors (Lipinski definition) is 7. The normalized spacial score (nSPS) is 17.7. The minimum absolute atomic E-state index is 0.0168. The molecule has 0 saturated carbocycles. The van der Waals surface area contributed by atoms with Gasteiger partial charge in [0.25, 0.3) is 0 Å². The van der Waals surface area contributed by atoms with Crippen LogP contribution in [0.3, 0.4) is 0 Å². The molecule has 4 aromatic rings. The number of hydrogen-bond donors (Lipinski definition) is 5. The van der Waals surface area contributed by atoms with E-state index in [2.05, 4.69) is 67.7 Å². The predicted octanol–water partition coefficient (Wildman–Crippen LogP) is 3.83. The van der Waals surface area contributed by atoms with Crippen LogP contribution in [0.15, 0.2) is 66.1 Å². The number of aromatic amines is 1. The van der Waals surface area contributed by atoms with Gasteiger partial charge in [0.05, 0.1) is 23.8 Å². The Morgan fingerprint density at radius 3 is 2.76 bits per heavy atom. The van der Waals surface area contributed by atoms with Crippen molar-refractivity contribution in [3.8, 4) is 11.1 Å². The van der Waals surface area contributed by atoms with E-state index in [4.69, 9.17) is 4.99 Å². The highest BCUT2D eigenvalue weighted by atomic mass is 19.1. The zero-order valence-corrected chi connectivity index (χ0v) is 25.1. The van der Waals surface area contributed by atoms with Gasteiger partial charge in [-0.05, 0) is 91.4 Å². The van der Waals surface area contributed by atoms with Crippen LogP contribution in [0.1, 0.15) is 41.6 Å². The summed E-state index contributed by atoms with van der Waals surface area (Å²) >= 11 is 0. The summed E-state index contributed by atoms with van der Waals surface area (Å²) < 4.78 is 13.6. The molecular weight excluding hydrogens is 567 g/mol. The number of fused-ring (bicyclic) bond motifs is 2. The number of rotatable bonds is 6. The molecule has 5 N–H and O–H groups in total. The standard InChI is InChI=1S/C35H35FN8O/c1-21-2-7-28(23-3-5-26(36)6-4-23)30-20-40-35(42-33(21)30)34-29-16-25(17-38-13-10-31(29)43-44-34)24-15-27(19-39-18-24)41-32(45)14-22-8-11-37-12-9-22/h2-7,10,15-19,22,37-38,43H,8-9,11-14,20H2,1H3,(H,40,42)(H,41,45)/b25-17?,29-16+,31-10-. The van der Waals surface area contributed by atoms with Crippen molar-refractivity contribution in [3.05, 3.63) is 99.8 Å². The van der Waals surface area contributed by atoms with Crippen LogP contribution in [0, 0.1) is 18.7 Å². The lowest BCUT2D eigenvalue weighted by Gasteiger charge is -2.22. The number of aliphatic imine (C=N–C) groups is 1. The molecule has 2 aromatic carbocycles. The molecule has 5 heterocycles. The highest BCUT2D eigenvalue weighted by molar-refractivity contribution is 6.10. The number of allylic oxidation sites excluding steroid dienone is 1. The van der Waals surface area contributed by atoms with Gasteiger partial charge in [0.2, 0.25) is 5.91 Å². The fourth-order valence-electron chi connectivity index (χ4n) is 6.22. The summed E-state index contributed by atoms with van der Waals surface area (Å²) in [6.45, 7) is 5.06. The third-order valence-corrected chi connectivity index (χ3v) is 8.64. The highest BCUT2D eigenvalue weighted by Crippen LogP contribution is 2.35. The second-order valence-electron chi connectivity index (χ2n) is 11.7. The Balaban J connectivity index is 1.18. The zero-order valence-electron chi connectivity index (χ0n) is 25.1. The van der Waals surface area contributed by atoms with Gasteiger partial charge in [0.1, 0.15) is 11.5 Å². The van der Waals surface area contributed by atoms with Crippen molar-refractivity contribution in [2.75, 3.05) is 30.3 Å². The van der Waals surface area contributed by atoms with Crippen LogP contribution >= 0.6 is 0 Å². The molecule has 0 unspecified atom stereocenters. The van der Waals surface area contributed by atoms with E-state index in [9.17, 15) is 9.18 Å².